The van der Waals surface area contributed by atoms with Gasteiger partial charge in [0.1, 0.15) is 5.56 Å². The zero-order valence-corrected chi connectivity index (χ0v) is 9.04. The number of hydrogen-bond donors (Lipinski definition) is 1. The van der Waals surface area contributed by atoms with Gasteiger partial charge in [-0.2, -0.15) is 26.3 Å². The van der Waals surface area contributed by atoms with E-state index in [9.17, 15) is 41.3 Å². The van der Waals surface area contributed by atoms with Crippen molar-refractivity contribution in [3.8, 4) is 0 Å². The van der Waals surface area contributed by atoms with Crippen molar-refractivity contribution in [1.29, 1.82) is 0 Å². The predicted molar refractivity (Wildman–Crippen MR) is 50.1 cm³/mol. The lowest BCUT2D eigenvalue weighted by molar-refractivity contribution is -0.388. The molecule has 0 aliphatic rings. The first-order valence-electron chi connectivity index (χ1n) is 4.56. The van der Waals surface area contributed by atoms with Gasteiger partial charge in [0, 0.05) is 6.07 Å². The molecule has 0 aliphatic heterocycles. The number of carboxylic acids is 1. The molecule has 0 saturated carbocycles. The van der Waals surface area contributed by atoms with Crippen LogP contribution in [-0.4, -0.2) is 16.0 Å². The molecule has 0 amide bonds. The summed E-state index contributed by atoms with van der Waals surface area (Å²) in [6.45, 7) is 0. The van der Waals surface area contributed by atoms with E-state index in [2.05, 4.69) is 0 Å². The van der Waals surface area contributed by atoms with Crippen molar-refractivity contribution in [1.82, 2.24) is 0 Å². The smallest absolute Gasteiger partial charge is 0.423 e. The molecule has 20 heavy (non-hydrogen) atoms. The van der Waals surface area contributed by atoms with Gasteiger partial charge in [0.2, 0.25) is 0 Å². The Labute approximate surface area is 105 Å². The Hall–Kier alpha value is -2.33. The number of rotatable bonds is 2. The molecule has 1 N–H and O–H groups in total. The molecule has 1 aromatic carbocycles. The maximum absolute atomic E-state index is 12.6. The van der Waals surface area contributed by atoms with Crippen LogP contribution >= 0.6 is 0 Å². The van der Waals surface area contributed by atoms with Crippen LogP contribution in [0.3, 0.4) is 0 Å². The van der Waals surface area contributed by atoms with Gasteiger partial charge in [0.05, 0.1) is 16.1 Å². The van der Waals surface area contributed by atoms with Crippen LogP contribution in [0.1, 0.15) is 21.5 Å². The molecule has 0 radical (unpaired) electrons. The van der Waals surface area contributed by atoms with E-state index in [0.29, 0.717) is 0 Å². The second-order valence-corrected chi connectivity index (χ2v) is 3.48. The van der Waals surface area contributed by atoms with Gasteiger partial charge in [-0.25, -0.2) is 4.79 Å². The minimum Gasteiger partial charge on any atom is -0.478 e. The summed E-state index contributed by atoms with van der Waals surface area (Å²) in [5, 5.41) is 19.0. The number of carboxylic acid groups (broad SMARTS) is 1. The summed E-state index contributed by atoms with van der Waals surface area (Å²) in [6.07, 6.45) is -11.3. The summed E-state index contributed by atoms with van der Waals surface area (Å²) in [6, 6.07) is -0.363. The molecule has 0 heterocycles. The lowest BCUT2D eigenvalue weighted by Crippen LogP contribution is -2.20. The molecule has 1 aromatic rings. The van der Waals surface area contributed by atoms with Crippen molar-refractivity contribution in [2.24, 2.45) is 0 Å². The molecule has 0 saturated heterocycles. The summed E-state index contributed by atoms with van der Waals surface area (Å²) < 4.78 is 75.4. The summed E-state index contributed by atoms with van der Waals surface area (Å²) in [5.41, 5.74) is -8.18. The molecule has 5 nitrogen and oxygen atoms in total. The van der Waals surface area contributed by atoms with Crippen molar-refractivity contribution in [2.45, 2.75) is 12.4 Å². The van der Waals surface area contributed by atoms with Crippen molar-refractivity contribution < 1.29 is 41.2 Å². The fourth-order valence-electron chi connectivity index (χ4n) is 1.42. The number of halogens is 6. The Balaban J connectivity index is 3.87. The van der Waals surface area contributed by atoms with Crippen molar-refractivity contribution >= 4 is 11.7 Å². The van der Waals surface area contributed by atoms with Gasteiger partial charge in [-0.05, 0) is 6.07 Å². The third kappa shape index (κ3) is 2.97. The maximum Gasteiger partial charge on any atom is 0.423 e. The molecular weight excluding hydrogens is 300 g/mol. The summed E-state index contributed by atoms with van der Waals surface area (Å²) >= 11 is 0. The lowest BCUT2D eigenvalue weighted by atomic mass is 10.0. The zero-order valence-electron chi connectivity index (χ0n) is 9.04. The van der Waals surface area contributed by atoms with E-state index >= 15 is 0 Å². The highest BCUT2D eigenvalue weighted by molar-refractivity contribution is 5.89. The van der Waals surface area contributed by atoms with E-state index in [4.69, 9.17) is 5.11 Å². The largest absolute Gasteiger partial charge is 0.478 e. The second kappa shape index (κ2) is 4.65. The number of nitro benzene ring substituents is 1. The molecule has 110 valence electrons. The SMILES string of the molecule is O=C(O)c1cc([N+](=O)[O-])c(C(F)(F)F)c(C(F)(F)F)c1. The normalized spacial score (nSPS) is 12.3. The zero-order chi connectivity index (χ0) is 15.9. The van der Waals surface area contributed by atoms with E-state index in [-0.39, 0.29) is 12.1 Å². The van der Waals surface area contributed by atoms with E-state index < -0.39 is 45.6 Å². The van der Waals surface area contributed by atoms with Crippen LogP contribution in [0.4, 0.5) is 32.0 Å². The number of nitro groups is 1. The van der Waals surface area contributed by atoms with Crippen LogP contribution in [0.15, 0.2) is 12.1 Å². The van der Waals surface area contributed by atoms with Crippen LogP contribution in [0, 0.1) is 10.1 Å². The Morgan fingerprint density at radius 1 is 1.10 bits per heavy atom. The van der Waals surface area contributed by atoms with Crippen molar-refractivity contribution in [3.63, 3.8) is 0 Å². The average Bonchev–Trinajstić information content (AvgIpc) is 2.24. The van der Waals surface area contributed by atoms with Gasteiger partial charge < -0.3 is 5.11 Å². The molecule has 0 aromatic heterocycles. The highest BCUT2D eigenvalue weighted by Gasteiger charge is 2.49. The molecule has 0 bridgehead atoms. The maximum atomic E-state index is 12.6. The number of benzene rings is 1. The fraction of sp³-hybridized carbons (Fsp3) is 0.222. The van der Waals surface area contributed by atoms with E-state index in [1.807, 2.05) is 0 Å². The van der Waals surface area contributed by atoms with Gasteiger partial charge in [-0.15, -0.1) is 0 Å². The summed E-state index contributed by atoms with van der Waals surface area (Å²) in [7, 11) is 0. The molecule has 0 atom stereocenters. The van der Waals surface area contributed by atoms with Crippen LogP contribution in [-0.2, 0) is 12.4 Å². The first-order valence-corrected chi connectivity index (χ1v) is 4.56. The topological polar surface area (TPSA) is 80.4 Å². The second-order valence-electron chi connectivity index (χ2n) is 3.48. The average molecular weight is 303 g/mol. The third-order valence-corrected chi connectivity index (χ3v) is 2.15. The molecule has 0 fully saturated rings. The number of alkyl halides is 6. The molecule has 0 spiro atoms. The highest BCUT2D eigenvalue weighted by atomic mass is 19.4. The standard InChI is InChI=1S/C9H3F6NO4/c10-8(11,12)4-1-3(7(17)18)2-5(16(19)20)6(4)9(13,14)15/h1-2H,(H,17,18). The minimum absolute atomic E-state index is 0.0691. The Bertz CT molecular complexity index is 577. The molecule has 11 heteroatoms. The van der Waals surface area contributed by atoms with Gasteiger partial charge in [-0.3, -0.25) is 10.1 Å². The quantitative estimate of drug-likeness (QED) is 0.516. The van der Waals surface area contributed by atoms with Gasteiger partial charge >= 0.3 is 18.3 Å². The number of carbonyl (C=O) groups is 1. The number of hydrogen-bond acceptors (Lipinski definition) is 3. The van der Waals surface area contributed by atoms with Gasteiger partial charge in [0.15, 0.2) is 0 Å². The Morgan fingerprint density at radius 3 is 1.90 bits per heavy atom. The molecule has 1 rings (SSSR count). The first-order chi connectivity index (χ1) is 8.85. The minimum atomic E-state index is -5.66. The number of nitrogens with zero attached hydrogens (tertiary/aromatic N) is 1. The Kier molecular flexibility index (Phi) is 3.66. The first kappa shape index (κ1) is 15.7. The monoisotopic (exact) mass is 303 g/mol. The van der Waals surface area contributed by atoms with Crippen molar-refractivity contribution in [2.75, 3.05) is 0 Å². The predicted octanol–water partition coefficient (Wildman–Crippen LogP) is 3.33. The van der Waals surface area contributed by atoms with Gasteiger partial charge in [-0.1, -0.05) is 0 Å². The highest BCUT2D eigenvalue weighted by Crippen LogP contribution is 2.45. The van der Waals surface area contributed by atoms with Crippen LogP contribution < -0.4 is 0 Å². The molecular formula is C9H3F6NO4. The van der Waals surface area contributed by atoms with Crippen molar-refractivity contribution in [3.05, 3.63) is 38.9 Å². The summed E-state index contributed by atoms with van der Waals surface area (Å²) in [5.74, 6) is -2.02. The Morgan fingerprint density at radius 2 is 1.60 bits per heavy atom. The van der Waals surface area contributed by atoms with Crippen LogP contribution in [0.2, 0.25) is 0 Å². The fourth-order valence-corrected chi connectivity index (χ4v) is 1.42. The lowest BCUT2D eigenvalue weighted by Gasteiger charge is -2.16. The van der Waals surface area contributed by atoms with Gasteiger partial charge in [0.25, 0.3) is 5.69 Å². The molecule has 0 unspecified atom stereocenters. The van der Waals surface area contributed by atoms with E-state index in [1.54, 1.807) is 0 Å². The third-order valence-electron chi connectivity index (χ3n) is 2.15. The summed E-state index contributed by atoms with van der Waals surface area (Å²) in [4.78, 5) is 19.3. The van der Waals surface area contributed by atoms with Crippen LogP contribution in [0.5, 0.6) is 0 Å². The van der Waals surface area contributed by atoms with E-state index in [1.165, 1.54) is 0 Å². The van der Waals surface area contributed by atoms with Crippen LogP contribution in [0.25, 0.3) is 0 Å². The molecule has 0 aliphatic carbocycles. The number of aromatic carboxylic acids is 1. The van der Waals surface area contributed by atoms with E-state index in [0.717, 1.165) is 0 Å².